The second-order valence-corrected chi connectivity index (χ2v) is 15.6. The zero-order valence-corrected chi connectivity index (χ0v) is 31.9. The summed E-state index contributed by atoms with van der Waals surface area (Å²) in [6.07, 6.45) is 1.35. The first-order chi connectivity index (χ1) is 25.9. The molecule has 3 rings (SSSR count). The number of phosphoric ester groups is 1. The minimum Gasteiger partial charge on any atom is -0.480 e. The number of hydrogen-bond donors (Lipinski definition) is 6. The number of benzene rings is 2. The maximum absolute atomic E-state index is 13.4. The van der Waals surface area contributed by atoms with Crippen LogP contribution < -0.4 is 0 Å². The van der Waals surface area contributed by atoms with Crippen molar-refractivity contribution in [3.63, 3.8) is 0 Å². The Morgan fingerprint density at radius 2 is 1.07 bits per heavy atom. The maximum atomic E-state index is 13.4. The Hall–Kier alpha value is -4.22. The number of carboxylic acids is 5. The van der Waals surface area contributed by atoms with Crippen LogP contribution in [-0.4, -0.2) is 146 Å². The molecule has 6 N–H and O–H groups in total. The van der Waals surface area contributed by atoms with Gasteiger partial charge in [-0.1, -0.05) is 74.5 Å². The van der Waals surface area contributed by atoms with Gasteiger partial charge in [0.15, 0.2) is 0 Å². The van der Waals surface area contributed by atoms with Crippen LogP contribution in [0.5, 0.6) is 0 Å². The summed E-state index contributed by atoms with van der Waals surface area (Å²) in [7, 11) is -4.82. The van der Waals surface area contributed by atoms with E-state index < -0.39 is 89.1 Å². The monoisotopic (exact) mass is 793 g/mol. The third-order valence-corrected chi connectivity index (χ3v) is 11.0. The molecule has 304 valence electrons. The van der Waals surface area contributed by atoms with Crippen molar-refractivity contribution in [1.82, 2.24) is 14.7 Å². The smallest absolute Gasteiger partial charge is 0.472 e. The Bertz CT molecular complexity index is 1550. The van der Waals surface area contributed by atoms with Gasteiger partial charge in [-0.25, -0.2) is 4.57 Å². The molecule has 4 atom stereocenters. The Morgan fingerprint density at radius 3 is 1.49 bits per heavy atom. The highest BCUT2D eigenvalue weighted by atomic mass is 31.2. The van der Waals surface area contributed by atoms with Crippen molar-refractivity contribution in [3.05, 3.63) is 71.8 Å². The molecule has 0 bridgehead atoms. The van der Waals surface area contributed by atoms with E-state index >= 15 is 0 Å². The van der Waals surface area contributed by atoms with Gasteiger partial charge in [0, 0.05) is 31.1 Å². The summed E-state index contributed by atoms with van der Waals surface area (Å²) in [4.78, 5) is 72.6. The molecule has 1 fully saturated rings. The van der Waals surface area contributed by atoms with Crippen LogP contribution in [0, 0.1) is 11.8 Å². The number of carbonyl (C=O) groups is 5. The quantitative estimate of drug-likeness (QED) is 0.0790. The first-order valence-electron chi connectivity index (χ1n) is 17.9. The summed E-state index contributed by atoms with van der Waals surface area (Å²) in [5.41, 5.74) is 1.86. The fourth-order valence-corrected chi connectivity index (χ4v) is 8.23. The van der Waals surface area contributed by atoms with E-state index in [9.17, 15) is 59.0 Å². The van der Waals surface area contributed by atoms with Gasteiger partial charge in [0.25, 0.3) is 0 Å². The van der Waals surface area contributed by atoms with Crippen LogP contribution in [0.25, 0.3) is 0 Å². The molecule has 1 aliphatic carbocycles. The molecule has 0 spiro atoms. The highest BCUT2D eigenvalue weighted by molar-refractivity contribution is 7.47. The SMILES string of the molecule is CC(CN(CC(=O)O)CC(=O)O)C(C)CN(CC(=O)O)CC(COP(=O)(O)OC1CCC(c2ccccc2)(c2ccccc2)CC1)N(CC(=O)O)CC(=O)O. The normalized spacial score (nSPS) is 17.3. The predicted molar refractivity (Wildman–Crippen MR) is 198 cm³/mol. The van der Waals surface area contributed by atoms with E-state index in [-0.39, 0.29) is 36.9 Å². The lowest BCUT2D eigenvalue weighted by Gasteiger charge is -2.41. The first kappa shape index (κ1) is 45.2. The van der Waals surface area contributed by atoms with Crippen LogP contribution in [0.2, 0.25) is 0 Å². The second kappa shape index (κ2) is 21.2. The molecular weight excluding hydrogens is 741 g/mol. The Labute approximate surface area is 319 Å². The lowest BCUT2D eigenvalue weighted by Crippen LogP contribution is -2.52. The summed E-state index contributed by atoms with van der Waals surface area (Å²) in [5, 5.41) is 47.4. The van der Waals surface area contributed by atoms with Gasteiger partial charge in [-0.15, -0.1) is 0 Å². The molecule has 2 aromatic carbocycles. The molecular formula is C37H52N3O14P. The molecule has 17 nitrogen and oxygen atoms in total. The van der Waals surface area contributed by atoms with E-state index in [2.05, 4.69) is 24.3 Å². The number of phosphoric acid groups is 1. The van der Waals surface area contributed by atoms with Crippen LogP contribution >= 0.6 is 7.82 Å². The molecule has 1 saturated carbocycles. The van der Waals surface area contributed by atoms with Gasteiger partial charge >= 0.3 is 37.7 Å². The molecule has 0 aliphatic heterocycles. The van der Waals surface area contributed by atoms with Crippen molar-refractivity contribution in [2.24, 2.45) is 11.8 Å². The van der Waals surface area contributed by atoms with E-state index in [1.165, 1.54) is 9.80 Å². The fourth-order valence-electron chi connectivity index (χ4n) is 7.22. The van der Waals surface area contributed by atoms with Crippen molar-refractivity contribution in [2.75, 3.05) is 59.0 Å². The van der Waals surface area contributed by atoms with E-state index in [0.717, 1.165) is 16.0 Å². The Kier molecular flexibility index (Phi) is 17.4. The zero-order chi connectivity index (χ0) is 40.8. The van der Waals surface area contributed by atoms with Gasteiger partial charge in [-0.2, -0.15) is 0 Å². The van der Waals surface area contributed by atoms with Crippen LogP contribution in [0.4, 0.5) is 0 Å². The molecule has 0 amide bonds. The third kappa shape index (κ3) is 15.1. The summed E-state index contributed by atoms with van der Waals surface area (Å²) in [6, 6.07) is 18.7. The van der Waals surface area contributed by atoms with Gasteiger partial charge in [0.1, 0.15) is 0 Å². The second-order valence-electron chi connectivity index (χ2n) is 14.2. The molecule has 0 radical (unpaired) electrons. The van der Waals surface area contributed by atoms with Gasteiger partial charge < -0.3 is 30.4 Å². The highest BCUT2D eigenvalue weighted by Gasteiger charge is 2.41. The van der Waals surface area contributed by atoms with Crippen molar-refractivity contribution >= 4 is 37.7 Å². The minimum atomic E-state index is -4.82. The standard InChI is InChI=1S/C37H52N3O14P/c1-26(27(2)18-39(21-33(43)44)22-34(45)46)17-38(20-32(41)42)19-30(40(23-35(47)48)24-36(49)50)25-53-55(51,52)54-31-13-15-37(16-14-31,28-9-5-3-6-10-28)29-11-7-4-8-12-29/h3-12,26-27,30-31H,13-25H2,1-2H3,(H,41,42)(H,43,44)(H,45,46)(H,47,48)(H,49,50)(H,51,52). The zero-order valence-electron chi connectivity index (χ0n) is 31.0. The van der Waals surface area contributed by atoms with Crippen LogP contribution in [0.1, 0.15) is 50.7 Å². The van der Waals surface area contributed by atoms with Crippen LogP contribution in [0.15, 0.2) is 60.7 Å². The summed E-state index contributed by atoms with van der Waals surface area (Å²) in [5.74, 6) is -7.26. The maximum Gasteiger partial charge on any atom is 0.472 e. The summed E-state index contributed by atoms with van der Waals surface area (Å²) < 4.78 is 24.5. The predicted octanol–water partition coefficient (Wildman–Crippen LogP) is 3.02. The molecule has 2 aromatic rings. The van der Waals surface area contributed by atoms with E-state index in [0.29, 0.717) is 25.7 Å². The van der Waals surface area contributed by atoms with Crippen LogP contribution in [0.3, 0.4) is 0 Å². The minimum absolute atomic E-state index is 0.0197. The third-order valence-electron chi connectivity index (χ3n) is 9.95. The average molecular weight is 794 g/mol. The molecule has 18 heteroatoms. The van der Waals surface area contributed by atoms with Crippen molar-refractivity contribution < 1.29 is 68.0 Å². The highest BCUT2D eigenvalue weighted by Crippen LogP contribution is 2.51. The van der Waals surface area contributed by atoms with Crippen molar-refractivity contribution in [1.29, 1.82) is 0 Å². The molecule has 0 heterocycles. The average Bonchev–Trinajstić information content (AvgIpc) is 3.09. The lowest BCUT2D eigenvalue weighted by molar-refractivity contribution is -0.145. The van der Waals surface area contributed by atoms with E-state index in [1.54, 1.807) is 13.8 Å². The Morgan fingerprint density at radius 1 is 0.673 bits per heavy atom. The van der Waals surface area contributed by atoms with Gasteiger partial charge in [-0.05, 0) is 48.6 Å². The number of rotatable bonds is 25. The van der Waals surface area contributed by atoms with E-state index in [1.807, 2.05) is 36.4 Å². The number of aliphatic carboxylic acids is 5. The summed E-state index contributed by atoms with van der Waals surface area (Å²) >= 11 is 0. The molecule has 55 heavy (non-hydrogen) atoms. The number of carboxylic acid groups (broad SMARTS) is 5. The van der Waals surface area contributed by atoms with Gasteiger partial charge in [0.05, 0.1) is 45.4 Å². The Balaban J connectivity index is 1.77. The van der Waals surface area contributed by atoms with Crippen LogP contribution in [-0.2, 0) is 43.0 Å². The topological polar surface area (TPSA) is 252 Å². The fraction of sp³-hybridized carbons (Fsp3) is 0.541. The number of hydrogen-bond acceptors (Lipinski definition) is 11. The number of nitrogens with zero attached hydrogens (tertiary/aromatic N) is 3. The summed E-state index contributed by atoms with van der Waals surface area (Å²) in [6.45, 7) is -0.750. The van der Waals surface area contributed by atoms with Gasteiger partial charge in [-0.3, -0.25) is 47.7 Å². The van der Waals surface area contributed by atoms with E-state index in [4.69, 9.17) is 9.05 Å². The van der Waals surface area contributed by atoms with Crippen molar-refractivity contribution in [2.45, 2.75) is 57.1 Å². The lowest BCUT2D eigenvalue weighted by atomic mass is 9.65. The van der Waals surface area contributed by atoms with Gasteiger partial charge in [0.2, 0.25) is 0 Å². The van der Waals surface area contributed by atoms with Crippen molar-refractivity contribution in [3.8, 4) is 0 Å². The molecule has 0 saturated heterocycles. The molecule has 4 unspecified atom stereocenters. The molecule has 1 aliphatic rings. The first-order valence-corrected chi connectivity index (χ1v) is 19.4. The largest absolute Gasteiger partial charge is 0.480 e. The molecule has 0 aromatic heterocycles.